The molecule has 0 aliphatic heterocycles. The summed E-state index contributed by atoms with van der Waals surface area (Å²) in [6, 6.07) is 0. The Kier molecular flexibility index (Phi) is 6.36. The van der Waals surface area contributed by atoms with Gasteiger partial charge in [0.1, 0.15) is 11.3 Å². The number of hydrogen-bond acceptors (Lipinski definition) is 7. The zero-order valence-electron chi connectivity index (χ0n) is 14.3. The van der Waals surface area contributed by atoms with Crippen LogP contribution in [0.4, 0.5) is 5.95 Å². The van der Waals surface area contributed by atoms with Crippen LogP contribution < -0.4 is 5.32 Å². The summed E-state index contributed by atoms with van der Waals surface area (Å²) in [5.41, 5.74) is -0.264. The highest BCUT2D eigenvalue weighted by molar-refractivity contribution is 6.36. The van der Waals surface area contributed by atoms with Crippen LogP contribution in [0.3, 0.4) is 0 Å². The number of Topliss-reactive ketones (excluding diaryl/α,β-unsaturated/α-hetero) is 1. The van der Waals surface area contributed by atoms with Gasteiger partial charge in [-0.05, 0) is 34.1 Å². The Morgan fingerprint density at radius 1 is 1.30 bits per heavy atom. The third-order valence-electron chi connectivity index (χ3n) is 3.08. The zero-order valence-corrected chi connectivity index (χ0v) is 14.3. The van der Waals surface area contributed by atoms with Crippen molar-refractivity contribution in [3.8, 4) is 0 Å². The second kappa shape index (κ2) is 7.80. The Morgan fingerprint density at radius 2 is 1.87 bits per heavy atom. The number of aromatic nitrogens is 2. The van der Waals surface area contributed by atoms with E-state index in [1.807, 2.05) is 6.92 Å². The average Bonchev–Trinajstić information content (AvgIpc) is 2.46. The Labute approximate surface area is 136 Å². The van der Waals surface area contributed by atoms with E-state index in [4.69, 9.17) is 10.1 Å². The summed E-state index contributed by atoms with van der Waals surface area (Å²) in [6.07, 6.45) is 3.49. The molecule has 1 atom stereocenters. The highest BCUT2D eigenvalue weighted by Crippen LogP contribution is 2.13. The molecule has 1 aromatic rings. The number of nitrogens with zero attached hydrogens (tertiary/aromatic N) is 2. The average molecular weight is 320 g/mol. The highest BCUT2D eigenvalue weighted by atomic mass is 16.6. The molecule has 0 saturated carbocycles. The number of nitrogens with one attached hydrogen (secondary N) is 2. The minimum atomic E-state index is -0.624. The number of ether oxygens (including phenoxy) is 1. The Morgan fingerprint density at radius 3 is 2.30 bits per heavy atom. The van der Waals surface area contributed by atoms with Gasteiger partial charge in [-0.3, -0.25) is 10.2 Å². The predicted molar refractivity (Wildman–Crippen MR) is 87.9 cm³/mol. The molecule has 1 rings (SSSR count). The van der Waals surface area contributed by atoms with E-state index in [0.29, 0.717) is 24.5 Å². The fraction of sp³-hybridized carbons (Fsp3) is 0.562. The lowest BCUT2D eigenvalue weighted by molar-refractivity contribution is -0.146. The van der Waals surface area contributed by atoms with Crippen LogP contribution in [0, 0.1) is 11.3 Å². The molecule has 0 aromatic carbocycles. The van der Waals surface area contributed by atoms with Crippen molar-refractivity contribution in [3.63, 3.8) is 0 Å². The van der Waals surface area contributed by atoms with Crippen molar-refractivity contribution >= 4 is 23.4 Å². The number of ketones is 1. The summed E-state index contributed by atoms with van der Waals surface area (Å²) in [6.45, 7) is 8.98. The highest BCUT2D eigenvalue weighted by Gasteiger charge is 2.25. The standard InChI is InChI=1S/C16H24N4O3/c1-6-11(13(17)14(22)23-16(3,4)5)7-18-15-19-8-12(9-20-15)10(2)21/h8-9,11,17H,6-7H2,1-5H3,(H,18,19,20)/t11-/m0/s1. The van der Waals surface area contributed by atoms with Crippen LogP contribution in [0.15, 0.2) is 12.4 Å². The lowest BCUT2D eigenvalue weighted by atomic mass is 10.00. The van der Waals surface area contributed by atoms with E-state index in [-0.39, 0.29) is 17.4 Å². The normalized spacial score (nSPS) is 12.4. The molecule has 1 aromatic heterocycles. The molecule has 0 aliphatic carbocycles. The first-order valence-electron chi connectivity index (χ1n) is 7.52. The number of rotatable bonds is 7. The Bertz CT molecular complexity index is 576. The van der Waals surface area contributed by atoms with Gasteiger partial charge >= 0.3 is 5.97 Å². The van der Waals surface area contributed by atoms with Gasteiger partial charge in [-0.1, -0.05) is 6.92 Å². The summed E-state index contributed by atoms with van der Waals surface area (Å²) in [4.78, 5) is 31.2. The van der Waals surface area contributed by atoms with Gasteiger partial charge < -0.3 is 10.1 Å². The molecule has 0 spiro atoms. The lowest BCUT2D eigenvalue weighted by Gasteiger charge is -2.22. The van der Waals surface area contributed by atoms with Crippen molar-refractivity contribution in [2.24, 2.45) is 5.92 Å². The van der Waals surface area contributed by atoms with Crippen LogP contribution in [-0.4, -0.2) is 39.6 Å². The van der Waals surface area contributed by atoms with Gasteiger partial charge in [-0.25, -0.2) is 14.8 Å². The van der Waals surface area contributed by atoms with Gasteiger partial charge in [0.15, 0.2) is 5.78 Å². The number of hydrogen-bond donors (Lipinski definition) is 2. The van der Waals surface area contributed by atoms with E-state index in [1.54, 1.807) is 20.8 Å². The first-order valence-corrected chi connectivity index (χ1v) is 7.52. The second-order valence-corrected chi connectivity index (χ2v) is 6.25. The lowest BCUT2D eigenvalue weighted by Crippen LogP contribution is -2.34. The van der Waals surface area contributed by atoms with Crippen molar-refractivity contribution < 1.29 is 14.3 Å². The maximum absolute atomic E-state index is 11.9. The minimum absolute atomic E-state index is 0.0738. The van der Waals surface area contributed by atoms with Crippen molar-refractivity contribution in [1.29, 1.82) is 5.41 Å². The summed E-state index contributed by atoms with van der Waals surface area (Å²) in [5.74, 6) is -0.667. The first kappa shape index (κ1) is 18.7. The number of carbonyl (C=O) groups is 2. The maximum Gasteiger partial charge on any atom is 0.352 e. The van der Waals surface area contributed by atoms with Gasteiger partial charge in [-0.2, -0.15) is 0 Å². The first-order chi connectivity index (χ1) is 10.6. The molecule has 7 heteroatoms. The second-order valence-electron chi connectivity index (χ2n) is 6.25. The summed E-state index contributed by atoms with van der Waals surface area (Å²) in [5, 5.41) is 11.0. The van der Waals surface area contributed by atoms with E-state index >= 15 is 0 Å². The van der Waals surface area contributed by atoms with Crippen molar-refractivity contribution in [2.45, 2.75) is 46.6 Å². The molecule has 0 amide bonds. The maximum atomic E-state index is 11.9. The van der Waals surface area contributed by atoms with E-state index in [9.17, 15) is 9.59 Å². The summed E-state index contributed by atoms with van der Waals surface area (Å²) >= 11 is 0. The molecule has 0 bridgehead atoms. The molecular weight excluding hydrogens is 296 g/mol. The summed E-state index contributed by atoms with van der Waals surface area (Å²) < 4.78 is 5.22. The van der Waals surface area contributed by atoms with Gasteiger partial charge in [-0.15, -0.1) is 0 Å². The number of anilines is 1. The Balaban J connectivity index is 2.64. The minimum Gasteiger partial charge on any atom is -0.455 e. The quantitative estimate of drug-likeness (QED) is 0.454. The van der Waals surface area contributed by atoms with Gasteiger partial charge in [0.05, 0.1) is 5.56 Å². The Hall–Kier alpha value is -2.31. The molecule has 0 radical (unpaired) electrons. The fourth-order valence-electron chi connectivity index (χ4n) is 1.77. The zero-order chi connectivity index (χ0) is 17.6. The van der Waals surface area contributed by atoms with Gasteiger partial charge in [0, 0.05) is 24.9 Å². The monoisotopic (exact) mass is 320 g/mol. The molecule has 23 heavy (non-hydrogen) atoms. The van der Waals surface area contributed by atoms with Crippen LogP contribution in [0.1, 0.15) is 51.4 Å². The van der Waals surface area contributed by atoms with Crippen molar-refractivity contribution in [1.82, 2.24) is 9.97 Å². The van der Waals surface area contributed by atoms with E-state index in [0.717, 1.165) is 0 Å². The molecule has 0 unspecified atom stereocenters. The molecule has 7 nitrogen and oxygen atoms in total. The molecule has 126 valence electrons. The molecular formula is C16H24N4O3. The van der Waals surface area contributed by atoms with Gasteiger partial charge in [0.25, 0.3) is 0 Å². The van der Waals surface area contributed by atoms with Crippen LogP contribution in [0.2, 0.25) is 0 Å². The molecule has 1 heterocycles. The van der Waals surface area contributed by atoms with E-state index in [1.165, 1.54) is 19.3 Å². The smallest absolute Gasteiger partial charge is 0.352 e. The number of carbonyl (C=O) groups excluding carboxylic acids is 2. The number of esters is 1. The topological polar surface area (TPSA) is 105 Å². The molecule has 0 aliphatic rings. The van der Waals surface area contributed by atoms with Crippen molar-refractivity contribution in [2.75, 3.05) is 11.9 Å². The van der Waals surface area contributed by atoms with Crippen LogP contribution in [-0.2, 0) is 9.53 Å². The van der Waals surface area contributed by atoms with Crippen LogP contribution >= 0.6 is 0 Å². The third kappa shape index (κ3) is 6.14. The fourth-order valence-corrected chi connectivity index (χ4v) is 1.77. The van der Waals surface area contributed by atoms with E-state index in [2.05, 4.69) is 15.3 Å². The largest absolute Gasteiger partial charge is 0.455 e. The molecule has 2 N–H and O–H groups in total. The predicted octanol–water partition coefficient (Wildman–Crippen LogP) is 2.48. The van der Waals surface area contributed by atoms with Crippen LogP contribution in [0.25, 0.3) is 0 Å². The van der Waals surface area contributed by atoms with Crippen molar-refractivity contribution in [3.05, 3.63) is 18.0 Å². The molecule has 0 fully saturated rings. The van der Waals surface area contributed by atoms with E-state index < -0.39 is 11.6 Å². The van der Waals surface area contributed by atoms with Gasteiger partial charge in [0.2, 0.25) is 5.95 Å². The summed E-state index contributed by atoms with van der Waals surface area (Å²) in [7, 11) is 0. The van der Waals surface area contributed by atoms with Crippen LogP contribution in [0.5, 0.6) is 0 Å². The third-order valence-corrected chi connectivity index (χ3v) is 3.08. The SMILES string of the molecule is CC[C@@H](CNc1ncc(C(C)=O)cn1)C(=N)C(=O)OC(C)(C)C. The molecule has 0 saturated heterocycles.